The Bertz CT molecular complexity index is 121. The Morgan fingerprint density at radius 1 is 1.23 bits per heavy atom. The highest BCUT2D eigenvalue weighted by Crippen LogP contribution is 2.15. The zero-order chi connectivity index (χ0) is 10.3. The fourth-order valence-electron chi connectivity index (χ4n) is 1.20. The minimum Gasteiger partial charge on any atom is -0.393 e. The van der Waals surface area contributed by atoms with E-state index in [1.54, 1.807) is 14.2 Å². The molecule has 2 unspecified atom stereocenters. The number of ether oxygens (including phenoxy) is 2. The van der Waals surface area contributed by atoms with E-state index in [0.29, 0.717) is 19.6 Å². The molecule has 0 aliphatic heterocycles. The van der Waals surface area contributed by atoms with Crippen LogP contribution < -0.4 is 0 Å². The number of aliphatic hydroxyl groups is 1. The third kappa shape index (κ3) is 6.08. The maximum Gasteiger partial charge on any atom is 0.0732 e. The maximum absolute atomic E-state index is 9.63. The van der Waals surface area contributed by atoms with Gasteiger partial charge in [-0.3, -0.25) is 0 Å². The van der Waals surface area contributed by atoms with Crippen LogP contribution in [-0.2, 0) is 9.47 Å². The van der Waals surface area contributed by atoms with Gasteiger partial charge in [-0.05, 0) is 6.42 Å². The Labute approximate surface area is 81.8 Å². The number of hydrogen-bond acceptors (Lipinski definition) is 3. The standard InChI is InChI=1S/C9H19BO3/c1-7(5-12-2)9(11)4-8(10)6-13-3/h7-9,11H,4-6H2,1-3H3/t7?,8-,9?/m1/s1. The summed E-state index contributed by atoms with van der Waals surface area (Å²) in [5.74, 6) is 0.0206. The van der Waals surface area contributed by atoms with Gasteiger partial charge in [-0.1, -0.05) is 12.7 Å². The quantitative estimate of drug-likeness (QED) is 0.592. The lowest BCUT2D eigenvalue weighted by molar-refractivity contribution is 0.0459. The smallest absolute Gasteiger partial charge is 0.0732 e. The lowest BCUT2D eigenvalue weighted by atomic mass is 9.81. The zero-order valence-electron chi connectivity index (χ0n) is 8.69. The highest BCUT2D eigenvalue weighted by atomic mass is 16.5. The van der Waals surface area contributed by atoms with Crippen LogP contribution in [-0.4, -0.2) is 46.5 Å². The zero-order valence-corrected chi connectivity index (χ0v) is 8.69. The van der Waals surface area contributed by atoms with E-state index < -0.39 is 6.10 Å². The van der Waals surface area contributed by atoms with Crippen molar-refractivity contribution in [2.75, 3.05) is 27.4 Å². The van der Waals surface area contributed by atoms with Gasteiger partial charge in [0.1, 0.15) is 0 Å². The maximum atomic E-state index is 9.63. The van der Waals surface area contributed by atoms with Crippen LogP contribution >= 0.6 is 0 Å². The molecule has 0 aromatic rings. The molecule has 3 atom stereocenters. The molecule has 0 saturated carbocycles. The van der Waals surface area contributed by atoms with Gasteiger partial charge >= 0.3 is 0 Å². The van der Waals surface area contributed by atoms with Gasteiger partial charge in [0.15, 0.2) is 0 Å². The second-order valence-corrected chi connectivity index (χ2v) is 3.45. The summed E-state index contributed by atoms with van der Waals surface area (Å²) in [6.45, 7) is 2.98. The Morgan fingerprint density at radius 2 is 1.77 bits per heavy atom. The average Bonchev–Trinajstić information content (AvgIpc) is 2.05. The molecule has 0 bridgehead atoms. The molecule has 0 spiro atoms. The van der Waals surface area contributed by atoms with Gasteiger partial charge in [0.2, 0.25) is 0 Å². The Hall–Kier alpha value is -0.0551. The van der Waals surface area contributed by atoms with Crippen molar-refractivity contribution >= 4 is 7.85 Å². The Kier molecular flexibility index (Phi) is 7.33. The molecule has 0 aliphatic rings. The molecule has 4 heteroatoms. The molecule has 0 aliphatic carbocycles. The van der Waals surface area contributed by atoms with Crippen molar-refractivity contribution in [2.24, 2.45) is 5.92 Å². The second-order valence-electron chi connectivity index (χ2n) is 3.45. The van der Waals surface area contributed by atoms with Gasteiger partial charge in [-0.15, -0.1) is 0 Å². The molecule has 76 valence electrons. The number of aliphatic hydroxyl groups excluding tert-OH is 1. The van der Waals surface area contributed by atoms with Gasteiger partial charge in [-0.2, -0.15) is 0 Å². The van der Waals surface area contributed by atoms with E-state index in [0.717, 1.165) is 0 Å². The summed E-state index contributed by atoms with van der Waals surface area (Å²) >= 11 is 0. The van der Waals surface area contributed by atoms with E-state index in [9.17, 15) is 5.11 Å². The second kappa shape index (κ2) is 7.36. The van der Waals surface area contributed by atoms with Crippen molar-refractivity contribution in [3.63, 3.8) is 0 Å². The van der Waals surface area contributed by atoms with Crippen LogP contribution in [0, 0.1) is 5.92 Å². The van der Waals surface area contributed by atoms with Gasteiger partial charge in [0.05, 0.1) is 20.6 Å². The van der Waals surface area contributed by atoms with Crippen LogP contribution in [0.2, 0.25) is 5.82 Å². The minimum absolute atomic E-state index is 0.0979. The van der Waals surface area contributed by atoms with Crippen LogP contribution in [0.4, 0.5) is 0 Å². The largest absolute Gasteiger partial charge is 0.393 e. The molecular formula is C9H19BO3. The monoisotopic (exact) mass is 186 g/mol. The fraction of sp³-hybridized carbons (Fsp3) is 1.00. The molecule has 1 N–H and O–H groups in total. The lowest BCUT2D eigenvalue weighted by Gasteiger charge is -2.21. The van der Waals surface area contributed by atoms with Crippen molar-refractivity contribution < 1.29 is 14.6 Å². The molecule has 0 fully saturated rings. The number of rotatable bonds is 7. The number of hydrogen-bond donors (Lipinski definition) is 1. The van der Waals surface area contributed by atoms with E-state index in [2.05, 4.69) is 0 Å². The highest BCUT2D eigenvalue weighted by molar-refractivity contribution is 6.11. The van der Waals surface area contributed by atoms with Crippen LogP contribution in [0.1, 0.15) is 13.3 Å². The first-order valence-corrected chi connectivity index (χ1v) is 4.53. The minimum atomic E-state index is -0.412. The van der Waals surface area contributed by atoms with E-state index in [-0.39, 0.29) is 11.7 Å². The van der Waals surface area contributed by atoms with Gasteiger partial charge in [0.25, 0.3) is 0 Å². The predicted molar refractivity (Wildman–Crippen MR) is 53.0 cm³/mol. The molecule has 13 heavy (non-hydrogen) atoms. The van der Waals surface area contributed by atoms with E-state index in [1.165, 1.54) is 0 Å². The van der Waals surface area contributed by atoms with Gasteiger partial charge in [0, 0.05) is 26.7 Å². The topological polar surface area (TPSA) is 38.7 Å². The Morgan fingerprint density at radius 3 is 2.23 bits per heavy atom. The van der Waals surface area contributed by atoms with Crippen LogP contribution in [0.5, 0.6) is 0 Å². The van der Waals surface area contributed by atoms with Crippen molar-refractivity contribution in [1.29, 1.82) is 0 Å². The first kappa shape index (κ1) is 12.9. The van der Waals surface area contributed by atoms with Crippen LogP contribution in [0.3, 0.4) is 0 Å². The first-order chi connectivity index (χ1) is 6.11. The van der Waals surface area contributed by atoms with Crippen LogP contribution in [0.15, 0.2) is 0 Å². The van der Waals surface area contributed by atoms with Gasteiger partial charge in [-0.25, -0.2) is 0 Å². The summed E-state index contributed by atoms with van der Waals surface area (Å²) in [6, 6.07) is 0. The summed E-state index contributed by atoms with van der Waals surface area (Å²) < 4.78 is 9.81. The molecule has 0 amide bonds. The average molecular weight is 186 g/mol. The molecule has 2 radical (unpaired) electrons. The lowest BCUT2D eigenvalue weighted by Crippen LogP contribution is -2.24. The highest BCUT2D eigenvalue weighted by Gasteiger charge is 2.16. The van der Waals surface area contributed by atoms with E-state index in [1.807, 2.05) is 6.92 Å². The fourth-order valence-corrected chi connectivity index (χ4v) is 1.20. The van der Waals surface area contributed by atoms with Crippen molar-refractivity contribution in [3.05, 3.63) is 0 Å². The normalized spacial score (nSPS) is 18.2. The SMILES string of the molecule is [B][C@@H](COC)CC(O)C(C)COC. The predicted octanol–water partition coefficient (Wildman–Crippen LogP) is 0.623. The van der Waals surface area contributed by atoms with Crippen molar-refractivity contribution in [3.8, 4) is 0 Å². The Balaban J connectivity index is 3.64. The summed E-state index contributed by atoms with van der Waals surface area (Å²) in [6.07, 6.45) is 0.142. The molecule has 0 saturated heterocycles. The molecule has 0 aromatic heterocycles. The van der Waals surface area contributed by atoms with Crippen LogP contribution in [0.25, 0.3) is 0 Å². The molecule has 0 aromatic carbocycles. The summed E-state index contributed by atoms with van der Waals surface area (Å²) in [7, 11) is 8.92. The van der Waals surface area contributed by atoms with Gasteiger partial charge < -0.3 is 14.6 Å². The third-order valence-electron chi connectivity index (χ3n) is 2.01. The van der Waals surface area contributed by atoms with E-state index >= 15 is 0 Å². The van der Waals surface area contributed by atoms with E-state index in [4.69, 9.17) is 17.3 Å². The molecule has 0 heterocycles. The van der Waals surface area contributed by atoms with Crippen molar-refractivity contribution in [2.45, 2.75) is 25.3 Å². The summed E-state index contributed by atoms with van der Waals surface area (Å²) in [4.78, 5) is 0. The number of methoxy groups -OCH3 is 2. The molecular weight excluding hydrogens is 167 g/mol. The van der Waals surface area contributed by atoms with Crippen molar-refractivity contribution in [1.82, 2.24) is 0 Å². The molecule has 3 nitrogen and oxygen atoms in total. The third-order valence-corrected chi connectivity index (χ3v) is 2.01. The summed E-state index contributed by atoms with van der Waals surface area (Å²) in [5.41, 5.74) is 0. The first-order valence-electron chi connectivity index (χ1n) is 4.53. The summed E-state index contributed by atoms with van der Waals surface area (Å²) in [5, 5.41) is 9.63. The molecule has 0 rings (SSSR count).